The Balaban J connectivity index is 1.64. The first kappa shape index (κ1) is 20.9. The first-order valence-corrected chi connectivity index (χ1v) is 10.6. The predicted molar refractivity (Wildman–Crippen MR) is 107 cm³/mol. The number of aryl methyl sites for hydroxylation is 1. The SMILES string of the molecule is COc1cccc(NC(=O)C2CCN(S(=O)(=O)c3cc(C(N)=O)n(C)c3)CC2)c1. The van der Waals surface area contributed by atoms with Crippen molar-refractivity contribution >= 4 is 27.5 Å². The standard InChI is InChI=1S/C19H24N4O5S/c1-22-12-16(11-17(22)18(20)24)29(26,27)23-8-6-13(7-9-23)19(25)21-14-4-3-5-15(10-14)28-2/h3-5,10-13H,6-9H2,1-2H3,(H2,20,24)(H,21,25). The number of amides is 2. The Morgan fingerprint density at radius 2 is 1.90 bits per heavy atom. The van der Waals surface area contributed by atoms with Gasteiger partial charge in [-0.25, -0.2) is 8.42 Å². The van der Waals surface area contributed by atoms with Crippen LogP contribution in [0.25, 0.3) is 0 Å². The first-order chi connectivity index (χ1) is 13.7. The van der Waals surface area contributed by atoms with Gasteiger partial charge in [-0.3, -0.25) is 9.59 Å². The Morgan fingerprint density at radius 3 is 2.48 bits per heavy atom. The van der Waals surface area contributed by atoms with Gasteiger partial charge in [0, 0.05) is 44.0 Å². The number of nitrogens with one attached hydrogen (secondary N) is 1. The predicted octanol–water partition coefficient (Wildman–Crippen LogP) is 1.17. The van der Waals surface area contributed by atoms with E-state index in [1.807, 2.05) is 0 Å². The highest BCUT2D eigenvalue weighted by Gasteiger charge is 2.33. The van der Waals surface area contributed by atoms with Crippen molar-refractivity contribution in [2.24, 2.45) is 18.7 Å². The van der Waals surface area contributed by atoms with Crippen molar-refractivity contribution in [2.75, 3.05) is 25.5 Å². The molecule has 0 radical (unpaired) electrons. The zero-order valence-corrected chi connectivity index (χ0v) is 17.1. The van der Waals surface area contributed by atoms with Gasteiger partial charge in [0.2, 0.25) is 15.9 Å². The number of methoxy groups -OCH3 is 1. The molecule has 0 bridgehead atoms. The van der Waals surface area contributed by atoms with Crippen LogP contribution in [0.3, 0.4) is 0 Å². The molecule has 0 atom stereocenters. The van der Waals surface area contributed by atoms with E-state index in [2.05, 4.69) is 5.32 Å². The molecule has 1 aromatic carbocycles. The summed E-state index contributed by atoms with van der Waals surface area (Å²) in [6, 6.07) is 8.34. The zero-order chi connectivity index (χ0) is 21.2. The minimum atomic E-state index is -3.76. The smallest absolute Gasteiger partial charge is 0.265 e. The van der Waals surface area contributed by atoms with Gasteiger partial charge in [0.15, 0.2) is 0 Å². The first-order valence-electron chi connectivity index (χ1n) is 9.13. The number of carbonyl (C=O) groups excluding carboxylic acids is 2. The van der Waals surface area contributed by atoms with E-state index in [1.54, 1.807) is 38.4 Å². The molecule has 3 N–H and O–H groups in total. The molecule has 2 aromatic rings. The van der Waals surface area contributed by atoms with Crippen LogP contribution in [0.4, 0.5) is 5.69 Å². The van der Waals surface area contributed by atoms with Crippen molar-refractivity contribution in [2.45, 2.75) is 17.7 Å². The number of piperidine rings is 1. The number of nitrogens with two attached hydrogens (primary N) is 1. The highest BCUT2D eigenvalue weighted by Crippen LogP contribution is 2.26. The van der Waals surface area contributed by atoms with Crippen LogP contribution in [-0.2, 0) is 21.9 Å². The molecule has 1 aliphatic heterocycles. The molecule has 1 fully saturated rings. The van der Waals surface area contributed by atoms with Crippen LogP contribution >= 0.6 is 0 Å². The second kappa shape index (κ2) is 8.26. The molecule has 0 unspecified atom stereocenters. The molecule has 1 aromatic heterocycles. The second-order valence-corrected chi connectivity index (χ2v) is 8.87. The van der Waals surface area contributed by atoms with E-state index in [-0.39, 0.29) is 35.5 Å². The van der Waals surface area contributed by atoms with E-state index in [4.69, 9.17) is 10.5 Å². The molecular formula is C19H24N4O5S. The van der Waals surface area contributed by atoms with Gasteiger partial charge in [0.05, 0.1) is 7.11 Å². The number of carbonyl (C=O) groups is 2. The molecular weight excluding hydrogens is 396 g/mol. The Kier molecular flexibility index (Phi) is 5.94. The number of nitrogens with zero attached hydrogens (tertiary/aromatic N) is 2. The van der Waals surface area contributed by atoms with Crippen LogP contribution in [0.5, 0.6) is 5.75 Å². The minimum Gasteiger partial charge on any atom is -0.497 e. The minimum absolute atomic E-state index is 0.0214. The highest BCUT2D eigenvalue weighted by molar-refractivity contribution is 7.89. The summed E-state index contributed by atoms with van der Waals surface area (Å²) in [7, 11) is -0.642. The van der Waals surface area contributed by atoms with Crippen molar-refractivity contribution in [3.8, 4) is 5.75 Å². The highest BCUT2D eigenvalue weighted by atomic mass is 32.2. The lowest BCUT2D eigenvalue weighted by Gasteiger charge is -2.30. The number of hydrogen-bond acceptors (Lipinski definition) is 5. The Hall–Kier alpha value is -2.85. The maximum atomic E-state index is 12.9. The summed E-state index contributed by atoms with van der Waals surface area (Å²) in [5.41, 5.74) is 6.02. The number of aromatic nitrogens is 1. The number of sulfonamides is 1. The van der Waals surface area contributed by atoms with Crippen molar-refractivity contribution in [3.63, 3.8) is 0 Å². The molecule has 1 aliphatic rings. The third-order valence-electron chi connectivity index (χ3n) is 5.03. The van der Waals surface area contributed by atoms with E-state index < -0.39 is 15.9 Å². The van der Waals surface area contributed by atoms with Gasteiger partial charge in [-0.05, 0) is 31.0 Å². The van der Waals surface area contributed by atoms with Crippen LogP contribution in [0.15, 0.2) is 41.4 Å². The fourth-order valence-corrected chi connectivity index (χ4v) is 4.91. The molecule has 0 aliphatic carbocycles. The van der Waals surface area contributed by atoms with Crippen molar-refractivity contribution in [1.82, 2.24) is 8.87 Å². The summed E-state index contributed by atoms with van der Waals surface area (Å²) in [6.45, 7) is 0.443. The van der Waals surface area contributed by atoms with E-state index in [9.17, 15) is 18.0 Å². The molecule has 9 nitrogen and oxygen atoms in total. The summed E-state index contributed by atoms with van der Waals surface area (Å²) in [5.74, 6) is -0.487. The molecule has 156 valence electrons. The topological polar surface area (TPSA) is 124 Å². The molecule has 2 amide bonds. The monoisotopic (exact) mass is 420 g/mol. The van der Waals surface area contributed by atoms with Crippen LogP contribution in [-0.4, -0.2) is 49.3 Å². The van der Waals surface area contributed by atoms with Gasteiger partial charge in [-0.1, -0.05) is 6.07 Å². The van der Waals surface area contributed by atoms with Crippen LogP contribution < -0.4 is 15.8 Å². The molecule has 2 heterocycles. The molecule has 0 spiro atoms. The summed E-state index contributed by atoms with van der Waals surface area (Å²) in [6.07, 6.45) is 2.19. The zero-order valence-electron chi connectivity index (χ0n) is 16.3. The number of ether oxygens (including phenoxy) is 1. The summed E-state index contributed by atoms with van der Waals surface area (Å²) in [5, 5.41) is 2.85. The van der Waals surface area contributed by atoms with Crippen LogP contribution in [0.2, 0.25) is 0 Å². The molecule has 1 saturated heterocycles. The Morgan fingerprint density at radius 1 is 1.21 bits per heavy atom. The molecule has 0 saturated carbocycles. The second-order valence-electron chi connectivity index (χ2n) is 6.94. The van der Waals surface area contributed by atoms with Crippen LogP contribution in [0, 0.1) is 5.92 Å². The molecule has 10 heteroatoms. The van der Waals surface area contributed by atoms with Gasteiger partial charge in [-0.15, -0.1) is 0 Å². The lowest BCUT2D eigenvalue weighted by Crippen LogP contribution is -2.41. The normalized spacial score (nSPS) is 15.8. The quantitative estimate of drug-likeness (QED) is 0.726. The van der Waals surface area contributed by atoms with Crippen molar-refractivity contribution in [3.05, 3.63) is 42.2 Å². The van der Waals surface area contributed by atoms with Crippen molar-refractivity contribution in [1.29, 1.82) is 0 Å². The Bertz CT molecular complexity index is 1020. The van der Waals surface area contributed by atoms with Gasteiger partial charge in [0.1, 0.15) is 16.3 Å². The summed E-state index contributed by atoms with van der Waals surface area (Å²) in [4.78, 5) is 24.0. The number of benzene rings is 1. The third-order valence-corrected chi connectivity index (χ3v) is 6.90. The summed E-state index contributed by atoms with van der Waals surface area (Å²) >= 11 is 0. The Labute approximate surface area is 169 Å². The largest absolute Gasteiger partial charge is 0.497 e. The van der Waals surface area contributed by atoms with Crippen molar-refractivity contribution < 1.29 is 22.7 Å². The number of anilines is 1. The van der Waals surface area contributed by atoms with E-state index >= 15 is 0 Å². The maximum absolute atomic E-state index is 12.9. The fraction of sp³-hybridized carbons (Fsp3) is 0.368. The van der Waals surface area contributed by atoms with Gasteiger partial charge >= 0.3 is 0 Å². The average molecular weight is 420 g/mol. The van der Waals surface area contributed by atoms with E-state index in [1.165, 1.54) is 21.1 Å². The van der Waals surface area contributed by atoms with Crippen LogP contribution in [0.1, 0.15) is 23.3 Å². The van der Waals surface area contributed by atoms with E-state index in [0.29, 0.717) is 24.3 Å². The lowest BCUT2D eigenvalue weighted by atomic mass is 9.97. The number of primary amides is 1. The summed E-state index contributed by atoms with van der Waals surface area (Å²) < 4.78 is 33.6. The number of rotatable bonds is 6. The van der Waals surface area contributed by atoms with Gasteiger partial charge < -0.3 is 20.4 Å². The number of hydrogen-bond donors (Lipinski definition) is 2. The van der Waals surface area contributed by atoms with E-state index in [0.717, 1.165) is 0 Å². The van der Waals surface area contributed by atoms with Gasteiger partial charge in [-0.2, -0.15) is 4.31 Å². The fourth-order valence-electron chi connectivity index (χ4n) is 3.37. The molecule has 3 rings (SSSR count). The van der Waals surface area contributed by atoms with Gasteiger partial charge in [0.25, 0.3) is 5.91 Å². The molecule has 29 heavy (non-hydrogen) atoms. The third kappa shape index (κ3) is 4.43. The maximum Gasteiger partial charge on any atom is 0.265 e. The average Bonchev–Trinajstić information content (AvgIpc) is 3.11. The lowest BCUT2D eigenvalue weighted by molar-refractivity contribution is -0.120.